The van der Waals surface area contributed by atoms with Crippen LogP contribution in [0.2, 0.25) is 0 Å². The zero-order valence-electron chi connectivity index (χ0n) is 24.5. The monoisotopic (exact) mass is 617 g/mol. The molecular formula is C30H31N7O8. The number of nitro benzene ring substituents is 1. The lowest BCUT2D eigenvalue weighted by atomic mass is 10.1. The van der Waals surface area contributed by atoms with Crippen molar-refractivity contribution in [1.82, 2.24) is 4.73 Å². The summed E-state index contributed by atoms with van der Waals surface area (Å²) in [4.78, 5) is 29.5. The minimum Gasteiger partial charge on any atom is -0.494 e. The van der Waals surface area contributed by atoms with Crippen LogP contribution in [-0.2, 0) is 11.4 Å². The maximum absolute atomic E-state index is 12.1. The van der Waals surface area contributed by atoms with E-state index in [4.69, 9.17) is 9.57 Å². The van der Waals surface area contributed by atoms with E-state index in [1.165, 1.54) is 43.5 Å². The van der Waals surface area contributed by atoms with Crippen molar-refractivity contribution < 1.29 is 34.6 Å². The molecule has 0 aliphatic rings. The van der Waals surface area contributed by atoms with E-state index in [1.54, 1.807) is 24.3 Å². The smallest absolute Gasteiger partial charge is 0.333 e. The van der Waals surface area contributed by atoms with Gasteiger partial charge in [0.15, 0.2) is 0 Å². The number of nitro groups is 1. The van der Waals surface area contributed by atoms with Crippen molar-refractivity contribution >= 4 is 40.1 Å². The minimum atomic E-state index is -0.594. The quantitative estimate of drug-likeness (QED) is 0.0814. The van der Waals surface area contributed by atoms with Gasteiger partial charge in [-0.1, -0.05) is 0 Å². The van der Waals surface area contributed by atoms with Crippen LogP contribution < -0.4 is 14.5 Å². The first-order chi connectivity index (χ1) is 21.7. The highest BCUT2D eigenvalue weighted by atomic mass is 16.7. The summed E-state index contributed by atoms with van der Waals surface area (Å²) < 4.78 is 6.11. The van der Waals surface area contributed by atoms with Gasteiger partial charge in [-0.25, -0.2) is 4.79 Å². The van der Waals surface area contributed by atoms with Gasteiger partial charge in [0.2, 0.25) is 11.8 Å². The van der Waals surface area contributed by atoms with E-state index in [0.717, 1.165) is 5.69 Å². The molecule has 0 spiro atoms. The Morgan fingerprint density at radius 2 is 1.51 bits per heavy atom. The Balaban J connectivity index is 1.39. The lowest BCUT2D eigenvalue weighted by Crippen LogP contribution is -2.25. The second-order valence-electron chi connectivity index (χ2n) is 9.49. The number of carbonyl (C=O) groups excluding carboxylic acids is 1. The predicted molar refractivity (Wildman–Crippen MR) is 163 cm³/mol. The van der Waals surface area contributed by atoms with E-state index < -0.39 is 10.9 Å². The minimum absolute atomic E-state index is 0.0618. The third-order valence-electron chi connectivity index (χ3n) is 6.55. The third-order valence-corrected chi connectivity index (χ3v) is 6.55. The van der Waals surface area contributed by atoms with Crippen LogP contribution in [0.4, 0.5) is 34.1 Å². The fraction of sp³-hybridized carbons (Fsp3) is 0.233. The van der Waals surface area contributed by atoms with Crippen LogP contribution in [0.1, 0.15) is 25.3 Å². The number of aromatic nitrogens is 1. The Bertz CT molecular complexity index is 1670. The van der Waals surface area contributed by atoms with Gasteiger partial charge >= 0.3 is 5.97 Å². The molecule has 4 rings (SSSR count). The van der Waals surface area contributed by atoms with Crippen LogP contribution in [0.15, 0.2) is 93.3 Å². The zero-order chi connectivity index (χ0) is 32.3. The summed E-state index contributed by atoms with van der Waals surface area (Å²) in [5.41, 5.74) is 2.94. The molecule has 3 N–H and O–H groups in total. The summed E-state index contributed by atoms with van der Waals surface area (Å²) in [6.07, 6.45) is 0.558. The molecule has 0 amide bonds. The van der Waals surface area contributed by atoms with Crippen LogP contribution >= 0.6 is 0 Å². The number of methoxy groups -OCH3 is 1. The second-order valence-corrected chi connectivity index (χ2v) is 9.49. The maximum atomic E-state index is 12.1. The average Bonchev–Trinajstić information content (AvgIpc) is 3.37. The van der Waals surface area contributed by atoms with Crippen molar-refractivity contribution in [2.24, 2.45) is 20.5 Å². The number of aromatic hydroxyl groups is 2. The molecule has 234 valence electrons. The van der Waals surface area contributed by atoms with Gasteiger partial charge in [0.1, 0.15) is 11.4 Å². The van der Waals surface area contributed by atoms with Crippen LogP contribution in [0, 0.1) is 10.1 Å². The number of anilines is 1. The van der Waals surface area contributed by atoms with Gasteiger partial charge in [0.05, 0.1) is 35.7 Å². The highest BCUT2D eigenvalue weighted by molar-refractivity contribution is 5.70. The van der Waals surface area contributed by atoms with E-state index in [-0.39, 0.29) is 30.5 Å². The number of benzene rings is 3. The Kier molecular flexibility index (Phi) is 10.7. The molecule has 0 atom stereocenters. The molecule has 3 aromatic carbocycles. The van der Waals surface area contributed by atoms with Gasteiger partial charge < -0.3 is 29.8 Å². The SMILES string of the molecule is CCN(CCCC(=O)On1c(O)ccc1O)c1ccc(N=Nc2cc(CO)c(N=Nc3ccc([N+](=O)[O-])cc3)cc2OC)cc1. The molecule has 0 bridgehead atoms. The van der Waals surface area contributed by atoms with Crippen molar-refractivity contribution in [1.29, 1.82) is 0 Å². The summed E-state index contributed by atoms with van der Waals surface area (Å²) in [5, 5.41) is 56.8. The van der Waals surface area contributed by atoms with Crippen molar-refractivity contribution in [3.63, 3.8) is 0 Å². The number of carbonyl (C=O) groups is 1. The highest BCUT2D eigenvalue weighted by Gasteiger charge is 2.14. The molecule has 1 aromatic heterocycles. The number of ether oxygens (including phenoxy) is 1. The summed E-state index contributed by atoms with van der Waals surface area (Å²) in [5.74, 6) is -0.992. The zero-order valence-corrected chi connectivity index (χ0v) is 24.5. The second kappa shape index (κ2) is 15.1. The van der Waals surface area contributed by atoms with Gasteiger partial charge in [-0.15, -0.1) is 9.84 Å². The fourth-order valence-corrected chi connectivity index (χ4v) is 4.18. The maximum Gasteiger partial charge on any atom is 0.333 e. The molecule has 0 aliphatic heterocycles. The van der Waals surface area contributed by atoms with E-state index >= 15 is 0 Å². The largest absolute Gasteiger partial charge is 0.494 e. The first-order valence-electron chi connectivity index (χ1n) is 13.8. The van der Waals surface area contributed by atoms with Crippen molar-refractivity contribution in [3.8, 4) is 17.5 Å². The van der Waals surface area contributed by atoms with E-state index in [2.05, 4.69) is 25.4 Å². The molecule has 0 saturated carbocycles. The molecule has 45 heavy (non-hydrogen) atoms. The Morgan fingerprint density at radius 1 is 0.911 bits per heavy atom. The number of rotatable bonds is 14. The molecular weight excluding hydrogens is 586 g/mol. The van der Waals surface area contributed by atoms with E-state index in [9.17, 15) is 30.2 Å². The first kappa shape index (κ1) is 32.1. The highest BCUT2D eigenvalue weighted by Crippen LogP contribution is 2.37. The third kappa shape index (κ3) is 8.39. The normalized spacial score (nSPS) is 11.3. The van der Waals surface area contributed by atoms with Gasteiger partial charge in [-0.05, 0) is 55.8 Å². The van der Waals surface area contributed by atoms with Gasteiger partial charge in [0.25, 0.3) is 5.69 Å². The van der Waals surface area contributed by atoms with Crippen LogP contribution in [-0.4, -0.2) is 51.1 Å². The van der Waals surface area contributed by atoms with Gasteiger partial charge in [-0.2, -0.15) is 15.3 Å². The standard InChI is InChI=1S/C30H31N7O8/c1-3-35(16-4-5-30(41)45-36-28(39)14-15-29(36)40)23-10-6-21(7-11-23)32-34-26-17-20(19-38)25(18-27(26)44-2)33-31-22-8-12-24(13-9-22)37(42)43/h6-15,17-18,38-40H,3-5,16,19H2,1-2H3. The Morgan fingerprint density at radius 3 is 2.07 bits per heavy atom. The topological polar surface area (TPSA) is 197 Å². The van der Waals surface area contributed by atoms with Crippen molar-refractivity contribution in [2.75, 3.05) is 25.1 Å². The first-order valence-corrected chi connectivity index (χ1v) is 13.8. The summed E-state index contributed by atoms with van der Waals surface area (Å²) in [6, 6.07) is 18.5. The van der Waals surface area contributed by atoms with Gasteiger partial charge in [-0.3, -0.25) is 10.1 Å². The molecule has 0 fully saturated rings. The fourth-order valence-electron chi connectivity index (χ4n) is 4.18. The lowest BCUT2D eigenvalue weighted by Gasteiger charge is -2.23. The number of hydrogen-bond acceptors (Lipinski definition) is 13. The number of nitrogens with zero attached hydrogens (tertiary/aromatic N) is 7. The number of hydrogen-bond donors (Lipinski definition) is 3. The summed E-state index contributed by atoms with van der Waals surface area (Å²) >= 11 is 0. The summed E-state index contributed by atoms with van der Waals surface area (Å²) in [6.45, 7) is 2.88. The molecule has 1 heterocycles. The van der Waals surface area contributed by atoms with Gasteiger partial charge in [0, 0.05) is 61.1 Å². The Hall–Kier alpha value is -5.83. The molecule has 15 heteroatoms. The van der Waals surface area contributed by atoms with Crippen LogP contribution in [0.5, 0.6) is 17.5 Å². The molecule has 15 nitrogen and oxygen atoms in total. The van der Waals surface area contributed by atoms with E-state index in [1.807, 2.05) is 19.1 Å². The average molecular weight is 618 g/mol. The number of non-ortho nitro benzene ring substituents is 1. The number of aliphatic hydroxyl groups excluding tert-OH is 1. The molecule has 0 radical (unpaired) electrons. The lowest BCUT2D eigenvalue weighted by molar-refractivity contribution is -0.384. The number of azo groups is 2. The van der Waals surface area contributed by atoms with Crippen LogP contribution in [0.3, 0.4) is 0 Å². The summed E-state index contributed by atoms with van der Waals surface area (Å²) in [7, 11) is 1.46. The number of aliphatic hydroxyl groups is 1. The molecule has 0 saturated heterocycles. The van der Waals surface area contributed by atoms with E-state index in [0.29, 0.717) is 58.3 Å². The molecule has 4 aromatic rings. The Labute approximate surface area is 257 Å². The van der Waals surface area contributed by atoms with Crippen LogP contribution in [0.25, 0.3) is 0 Å². The molecule has 0 aliphatic carbocycles. The van der Waals surface area contributed by atoms with Crippen molar-refractivity contribution in [3.05, 3.63) is 88.5 Å². The van der Waals surface area contributed by atoms with Crippen molar-refractivity contribution in [2.45, 2.75) is 26.4 Å². The predicted octanol–water partition coefficient (Wildman–Crippen LogP) is 6.40. The molecule has 0 unspecified atom stereocenters.